The van der Waals surface area contributed by atoms with Crippen molar-refractivity contribution >= 4 is 18.0 Å². The molecule has 0 fully saturated rings. The Labute approximate surface area is 82.5 Å². The maximum atomic E-state index is 10.6. The highest BCUT2D eigenvalue weighted by atomic mass is 16.4. The van der Waals surface area contributed by atoms with Gasteiger partial charge in [-0.05, 0) is 24.3 Å². The first kappa shape index (κ1) is 10.2. The molecule has 0 saturated heterocycles. The maximum absolute atomic E-state index is 10.6. The summed E-state index contributed by atoms with van der Waals surface area (Å²) >= 11 is 0. The number of benzene rings is 1. The van der Waals surface area contributed by atoms with Gasteiger partial charge in [-0.25, -0.2) is 4.79 Å². The van der Waals surface area contributed by atoms with E-state index in [1.807, 2.05) is 11.9 Å². The van der Waals surface area contributed by atoms with Gasteiger partial charge in [0.05, 0.1) is 11.9 Å². The highest BCUT2D eigenvalue weighted by molar-refractivity contribution is 5.88. The zero-order valence-corrected chi connectivity index (χ0v) is 8.14. The first-order valence-electron chi connectivity index (χ1n) is 4.13. The lowest BCUT2D eigenvalue weighted by molar-refractivity contribution is 0.0697. The number of hydrogen-bond donors (Lipinski definition) is 1. The first-order valence-corrected chi connectivity index (χ1v) is 4.13. The van der Waals surface area contributed by atoms with Crippen molar-refractivity contribution in [2.24, 2.45) is 4.99 Å². The molecular formula is C10H12N2O2. The molecule has 4 heteroatoms. The van der Waals surface area contributed by atoms with Crippen molar-refractivity contribution in [3.05, 3.63) is 29.8 Å². The summed E-state index contributed by atoms with van der Waals surface area (Å²) in [6.45, 7) is 0. The number of aromatic carboxylic acids is 1. The molecule has 0 heterocycles. The molecule has 1 aromatic rings. The van der Waals surface area contributed by atoms with E-state index in [0.717, 1.165) is 5.69 Å². The Hall–Kier alpha value is -1.84. The number of nitrogens with zero attached hydrogens (tertiary/aromatic N) is 2. The number of carbonyl (C=O) groups is 1. The van der Waals surface area contributed by atoms with Gasteiger partial charge >= 0.3 is 5.97 Å². The van der Waals surface area contributed by atoms with Gasteiger partial charge in [-0.1, -0.05) is 0 Å². The molecule has 1 aromatic carbocycles. The standard InChI is InChI=1S/C10H12N2O2/c1-11-7-12(2)9-5-3-8(4-6-9)10(13)14/h3-7H,1-2H3,(H,13,14). The molecule has 0 radical (unpaired) electrons. The molecule has 0 aliphatic carbocycles. The van der Waals surface area contributed by atoms with Gasteiger partial charge in [0.1, 0.15) is 0 Å². The lowest BCUT2D eigenvalue weighted by Crippen LogP contribution is -2.14. The van der Waals surface area contributed by atoms with Crippen molar-refractivity contribution in [2.45, 2.75) is 0 Å². The van der Waals surface area contributed by atoms with Crippen LogP contribution in [0.4, 0.5) is 5.69 Å². The third-order valence-corrected chi connectivity index (χ3v) is 1.81. The Morgan fingerprint density at radius 3 is 2.43 bits per heavy atom. The fourth-order valence-electron chi connectivity index (χ4n) is 1.08. The summed E-state index contributed by atoms with van der Waals surface area (Å²) in [5, 5.41) is 8.68. The van der Waals surface area contributed by atoms with Crippen LogP contribution in [-0.4, -0.2) is 31.5 Å². The van der Waals surface area contributed by atoms with Gasteiger partial charge in [-0.3, -0.25) is 4.99 Å². The minimum Gasteiger partial charge on any atom is -0.478 e. The summed E-state index contributed by atoms with van der Waals surface area (Å²) in [6.07, 6.45) is 1.66. The molecule has 4 nitrogen and oxygen atoms in total. The zero-order chi connectivity index (χ0) is 10.6. The van der Waals surface area contributed by atoms with E-state index < -0.39 is 5.97 Å². The Bertz CT molecular complexity index is 344. The Balaban J connectivity index is 2.88. The van der Waals surface area contributed by atoms with Crippen LogP contribution >= 0.6 is 0 Å². The van der Waals surface area contributed by atoms with Crippen molar-refractivity contribution in [1.82, 2.24) is 0 Å². The normalized spacial score (nSPS) is 10.4. The number of rotatable bonds is 3. The molecule has 0 aromatic heterocycles. The van der Waals surface area contributed by atoms with Crippen LogP contribution in [0, 0.1) is 0 Å². The van der Waals surface area contributed by atoms with Crippen molar-refractivity contribution in [3.8, 4) is 0 Å². The molecule has 0 unspecified atom stereocenters. The summed E-state index contributed by atoms with van der Waals surface area (Å²) < 4.78 is 0. The third-order valence-electron chi connectivity index (χ3n) is 1.81. The van der Waals surface area contributed by atoms with Crippen molar-refractivity contribution in [1.29, 1.82) is 0 Å². The predicted octanol–water partition coefficient (Wildman–Crippen LogP) is 1.48. The van der Waals surface area contributed by atoms with E-state index >= 15 is 0 Å². The summed E-state index contributed by atoms with van der Waals surface area (Å²) in [5.41, 5.74) is 1.19. The van der Waals surface area contributed by atoms with Crippen LogP contribution in [0.5, 0.6) is 0 Å². The van der Waals surface area contributed by atoms with Gasteiger partial charge in [0.25, 0.3) is 0 Å². The van der Waals surface area contributed by atoms with Gasteiger partial charge in [0.2, 0.25) is 0 Å². The monoisotopic (exact) mass is 192 g/mol. The Morgan fingerprint density at radius 1 is 1.43 bits per heavy atom. The van der Waals surface area contributed by atoms with E-state index in [1.165, 1.54) is 0 Å². The number of anilines is 1. The molecule has 1 rings (SSSR count). The lowest BCUT2D eigenvalue weighted by Gasteiger charge is -2.12. The number of hydrogen-bond acceptors (Lipinski definition) is 2. The summed E-state index contributed by atoms with van der Waals surface area (Å²) in [4.78, 5) is 16.2. The summed E-state index contributed by atoms with van der Waals surface area (Å²) in [5.74, 6) is -0.914. The smallest absolute Gasteiger partial charge is 0.335 e. The average molecular weight is 192 g/mol. The Kier molecular flexibility index (Phi) is 3.23. The van der Waals surface area contributed by atoms with Crippen LogP contribution in [0.25, 0.3) is 0 Å². The second-order valence-electron chi connectivity index (χ2n) is 2.84. The van der Waals surface area contributed by atoms with Crippen LogP contribution in [0.3, 0.4) is 0 Å². The zero-order valence-electron chi connectivity index (χ0n) is 8.14. The molecule has 0 aliphatic rings. The molecule has 0 saturated carbocycles. The molecule has 14 heavy (non-hydrogen) atoms. The van der Waals surface area contributed by atoms with Gasteiger partial charge in [0.15, 0.2) is 0 Å². The molecule has 0 spiro atoms. The third kappa shape index (κ3) is 2.32. The Morgan fingerprint density at radius 2 is 2.00 bits per heavy atom. The summed E-state index contributed by atoms with van der Waals surface area (Å²) in [6, 6.07) is 6.62. The predicted molar refractivity (Wildman–Crippen MR) is 56.2 cm³/mol. The topological polar surface area (TPSA) is 52.9 Å². The largest absolute Gasteiger partial charge is 0.478 e. The molecule has 0 amide bonds. The van der Waals surface area contributed by atoms with Crippen LogP contribution in [0.2, 0.25) is 0 Å². The first-order chi connectivity index (χ1) is 6.65. The number of carboxylic acid groups (broad SMARTS) is 1. The van der Waals surface area contributed by atoms with Gasteiger partial charge < -0.3 is 10.0 Å². The minimum absolute atomic E-state index is 0.288. The van der Waals surface area contributed by atoms with Crippen LogP contribution in [-0.2, 0) is 0 Å². The molecular weight excluding hydrogens is 180 g/mol. The molecule has 74 valence electrons. The van der Waals surface area contributed by atoms with Crippen molar-refractivity contribution in [2.75, 3.05) is 19.0 Å². The van der Waals surface area contributed by atoms with E-state index in [0.29, 0.717) is 0 Å². The summed E-state index contributed by atoms with van der Waals surface area (Å²) in [7, 11) is 3.53. The van der Waals surface area contributed by atoms with Crippen LogP contribution < -0.4 is 4.90 Å². The average Bonchev–Trinajstić information content (AvgIpc) is 2.18. The molecule has 0 bridgehead atoms. The van der Waals surface area contributed by atoms with Gasteiger partial charge in [0, 0.05) is 19.8 Å². The molecule has 0 atom stereocenters. The second-order valence-corrected chi connectivity index (χ2v) is 2.84. The second kappa shape index (κ2) is 4.41. The van der Waals surface area contributed by atoms with Crippen LogP contribution in [0.1, 0.15) is 10.4 Å². The van der Waals surface area contributed by atoms with E-state index in [2.05, 4.69) is 4.99 Å². The molecule has 1 N–H and O–H groups in total. The fraction of sp³-hybridized carbons (Fsp3) is 0.200. The van der Waals surface area contributed by atoms with Crippen molar-refractivity contribution in [3.63, 3.8) is 0 Å². The fourth-order valence-corrected chi connectivity index (χ4v) is 1.08. The molecule has 0 aliphatic heterocycles. The quantitative estimate of drug-likeness (QED) is 0.583. The number of aliphatic imine (C=N–C) groups is 1. The maximum Gasteiger partial charge on any atom is 0.335 e. The van der Waals surface area contributed by atoms with E-state index in [1.54, 1.807) is 37.7 Å². The van der Waals surface area contributed by atoms with E-state index in [-0.39, 0.29) is 5.56 Å². The van der Waals surface area contributed by atoms with Gasteiger partial charge in [-0.2, -0.15) is 0 Å². The van der Waals surface area contributed by atoms with Gasteiger partial charge in [-0.15, -0.1) is 0 Å². The lowest BCUT2D eigenvalue weighted by atomic mass is 10.2. The number of carboxylic acids is 1. The highest BCUT2D eigenvalue weighted by Gasteiger charge is 2.02. The van der Waals surface area contributed by atoms with E-state index in [4.69, 9.17) is 5.11 Å². The highest BCUT2D eigenvalue weighted by Crippen LogP contribution is 2.12. The SMILES string of the molecule is CN=CN(C)c1ccc(C(=O)O)cc1. The minimum atomic E-state index is -0.914. The van der Waals surface area contributed by atoms with Crippen LogP contribution in [0.15, 0.2) is 29.3 Å². The van der Waals surface area contributed by atoms with E-state index in [9.17, 15) is 4.79 Å². The van der Waals surface area contributed by atoms with Crippen molar-refractivity contribution < 1.29 is 9.90 Å².